The van der Waals surface area contributed by atoms with E-state index in [1.165, 1.54) is 24.2 Å². The van der Waals surface area contributed by atoms with E-state index in [0.29, 0.717) is 18.4 Å². The van der Waals surface area contributed by atoms with Crippen LogP contribution in [0.3, 0.4) is 0 Å². The fraction of sp³-hybridized carbons (Fsp3) is 0.706. The highest BCUT2D eigenvalue weighted by atomic mass is 32.1. The lowest BCUT2D eigenvalue weighted by molar-refractivity contribution is -0.140. The predicted molar refractivity (Wildman–Crippen MR) is 92.1 cm³/mol. The van der Waals surface area contributed by atoms with Crippen molar-refractivity contribution < 1.29 is 14.7 Å². The zero-order chi connectivity index (χ0) is 17.1. The lowest BCUT2D eigenvalue weighted by atomic mass is 9.85. The fourth-order valence-corrected chi connectivity index (χ4v) is 4.04. The maximum atomic E-state index is 12.1. The molecule has 6 nitrogen and oxygen atoms in total. The van der Waals surface area contributed by atoms with Crippen LogP contribution in [0.15, 0.2) is 5.38 Å². The number of aryl methyl sites for hydroxylation is 1. The van der Waals surface area contributed by atoms with Gasteiger partial charge in [-0.3, -0.25) is 14.5 Å². The summed E-state index contributed by atoms with van der Waals surface area (Å²) in [6.07, 6.45) is 5.37. The highest BCUT2D eigenvalue weighted by Gasteiger charge is 2.37. The van der Waals surface area contributed by atoms with Crippen molar-refractivity contribution in [3.05, 3.63) is 16.1 Å². The molecule has 0 aliphatic heterocycles. The van der Waals surface area contributed by atoms with E-state index >= 15 is 0 Å². The normalized spacial score (nSPS) is 23.1. The molecule has 0 saturated heterocycles. The Morgan fingerprint density at radius 3 is 2.75 bits per heavy atom. The summed E-state index contributed by atoms with van der Waals surface area (Å²) in [5, 5.41) is 15.0. The number of carboxylic acid groups (broad SMARTS) is 1. The van der Waals surface area contributed by atoms with Crippen LogP contribution < -0.4 is 5.32 Å². The number of hydrogen-bond donors (Lipinski definition) is 2. The molecule has 0 radical (unpaired) electrons. The van der Waals surface area contributed by atoms with E-state index in [-0.39, 0.29) is 18.5 Å². The van der Waals surface area contributed by atoms with Crippen molar-refractivity contribution in [1.29, 1.82) is 0 Å². The Hall–Kier alpha value is -1.47. The van der Waals surface area contributed by atoms with Crippen molar-refractivity contribution in [2.24, 2.45) is 5.92 Å². The molecule has 0 atom stereocenters. The average Bonchev–Trinajstić information content (AvgIpc) is 3.18. The van der Waals surface area contributed by atoms with E-state index in [4.69, 9.17) is 5.11 Å². The molecule has 2 N–H and O–H groups in total. The van der Waals surface area contributed by atoms with Crippen LogP contribution in [0.1, 0.15) is 43.3 Å². The number of carbonyl (C=O) groups excluding carboxylic acids is 1. The standard InChI is InChI=1S/C17H25N3O3S/c1-2-12-10-24-16(19-12)7-15(21)18-13-5-14(6-13)20(9-17(22)23)8-11-3-4-11/h10-11,13-14H,2-9H2,1H3,(H,18,21)(H,22,23). The molecule has 132 valence electrons. The zero-order valence-corrected chi connectivity index (χ0v) is 14.8. The second kappa shape index (κ2) is 7.61. The molecule has 2 fully saturated rings. The van der Waals surface area contributed by atoms with Crippen molar-refractivity contribution in [1.82, 2.24) is 15.2 Å². The minimum atomic E-state index is -0.765. The monoisotopic (exact) mass is 351 g/mol. The summed E-state index contributed by atoms with van der Waals surface area (Å²) in [7, 11) is 0. The first-order chi connectivity index (χ1) is 11.5. The zero-order valence-electron chi connectivity index (χ0n) is 14.0. The lowest BCUT2D eigenvalue weighted by Crippen LogP contribution is -2.55. The number of amides is 1. The van der Waals surface area contributed by atoms with Gasteiger partial charge in [-0.15, -0.1) is 11.3 Å². The van der Waals surface area contributed by atoms with Gasteiger partial charge in [-0.2, -0.15) is 0 Å². The van der Waals surface area contributed by atoms with Crippen molar-refractivity contribution in [3.8, 4) is 0 Å². The second-order valence-corrected chi connectivity index (χ2v) is 7.86. The Morgan fingerprint density at radius 2 is 2.17 bits per heavy atom. The molecule has 0 aromatic carbocycles. The van der Waals surface area contributed by atoms with E-state index in [1.54, 1.807) is 0 Å². The van der Waals surface area contributed by atoms with Gasteiger partial charge in [0.25, 0.3) is 0 Å². The van der Waals surface area contributed by atoms with E-state index in [9.17, 15) is 9.59 Å². The summed E-state index contributed by atoms with van der Waals surface area (Å²) in [6, 6.07) is 0.460. The predicted octanol–water partition coefficient (Wildman–Crippen LogP) is 1.69. The molecular formula is C17H25N3O3S. The fourth-order valence-electron chi connectivity index (χ4n) is 3.16. The Balaban J connectivity index is 1.41. The smallest absolute Gasteiger partial charge is 0.317 e. The summed E-state index contributed by atoms with van der Waals surface area (Å²) in [6.45, 7) is 3.05. The van der Waals surface area contributed by atoms with Gasteiger partial charge in [0.1, 0.15) is 5.01 Å². The number of nitrogens with zero attached hydrogens (tertiary/aromatic N) is 2. The molecule has 1 aromatic heterocycles. The highest BCUT2D eigenvalue weighted by Crippen LogP contribution is 2.33. The molecule has 0 bridgehead atoms. The van der Waals surface area contributed by atoms with Gasteiger partial charge in [0, 0.05) is 24.0 Å². The van der Waals surface area contributed by atoms with E-state index in [2.05, 4.69) is 22.1 Å². The number of carboxylic acids is 1. The first-order valence-electron chi connectivity index (χ1n) is 8.72. The molecule has 0 unspecified atom stereocenters. The number of carbonyl (C=O) groups is 2. The molecule has 1 amide bonds. The van der Waals surface area contributed by atoms with Crippen LogP contribution in [-0.4, -0.2) is 52.0 Å². The number of hydrogen-bond acceptors (Lipinski definition) is 5. The average molecular weight is 351 g/mol. The minimum absolute atomic E-state index is 0.0161. The van der Waals surface area contributed by atoms with Crippen molar-refractivity contribution in [2.45, 2.75) is 57.5 Å². The Morgan fingerprint density at radius 1 is 1.42 bits per heavy atom. The van der Waals surface area contributed by atoms with Crippen LogP contribution >= 0.6 is 11.3 Å². The summed E-state index contributed by atoms with van der Waals surface area (Å²) >= 11 is 1.54. The number of aliphatic carboxylic acids is 1. The van der Waals surface area contributed by atoms with Gasteiger partial charge >= 0.3 is 5.97 Å². The molecule has 7 heteroatoms. The van der Waals surface area contributed by atoms with Crippen molar-refractivity contribution in [2.75, 3.05) is 13.1 Å². The van der Waals surface area contributed by atoms with Gasteiger partial charge in [-0.1, -0.05) is 6.92 Å². The number of rotatable bonds is 9. The Labute approximate surface area is 146 Å². The van der Waals surface area contributed by atoms with E-state index in [0.717, 1.165) is 36.5 Å². The van der Waals surface area contributed by atoms with E-state index in [1.807, 2.05) is 5.38 Å². The number of thiazole rings is 1. The van der Waals surface area contributed by atoms with Crippen LogP contribution in [0.2, 0.25) is 0 Å². The third-order valence-electron chi connectivity index (χ3n) is 4.80. The number of aromatic nitrogens is 1. The topological polar surface area (TPSA) is 82.5 Å². The van der Waals surface area contributed by atoms with Gasteiger partial charge in [0.2, 0.25) is 5.91 Å². The van der Waals surface area contributed by atoms with Gasteiger partial charge in [0.05, 0.1) is 18.7 Å². The Kier molecular flexibility index (Phi) is 5.50. The summed E-state index contributed by atoms with van der Waals surface area (Å²) in [4.78, 5) is 29.6. The minimum Gasteiger partial charge on any atom is -0.480 e. The first-order valence-corrected chi connectivity index (χ1v) is 9.60. The molecule has 1 heterocycles. The highest BCUT2D eigenvalue weighted by molar-refractivity contribution is 7.09. The maximum Gasteiger partial charge on any atom is 0.317 e. The molecule has 2 aliphatic rings. The maximum absolute atomic E-state index is 12.1. The lowest BCUT2D eigenvalue weighted by Gasteiger charge is -2.42. The van der Waals surface area contributed by atoms with Crippen LogP contribution in [0, 0.1) is 5.92 Å². The van der Waals surface area contributed by atoms with Crippen LogP contribution in [0.25, 0.3) is 0 Å². The van der Waals surface area contributed by atoms with Gasteiger partial charge < -0.3 is 10.4 Å². The second-order valence-electron chi connectivity index (χ2n) is 6.92. The van der Waals surface area contributed by atoms with Crippen molar-refractivity contribution >= 4 is 23.2 Å². The molecule has 0 spiro atoms. The van der Waals surface area contributed by atoms with Gasteiger partial charge in [-0.25, -0.2) is 4.98 Å². The molecule has 3 rings (SSSR count). The van der Waals surface area contributed by atoms with Gasteiger partial charge in [0.15, 0.2) is 0 Å². The molecule has 24 heavy (non-hydrogen) atoms. The molecule has 2 saturated carbocycles. The first kappa shape index (κ1) is 17.4. The summed E-state index contributed by atoms with van der Waals surface area (Å²) < 4.78 is 0. The van der Waals surface area contributed by atoms with Crippen molar-refractivity contribution in [3.63, 3.8) is 0 Å². The van der Waals surface area contributed by atoms with Crippen LogP contribution in [-0.2, 0) is 22.4 Å². The molecule has 1 aromatic rings. The Bertz CT molecular complexity index is 594. The summed E-state index contributed by atoms with van der Waals surface area (Å²) in [5.74, 6) is -0.0725. The third-order valence-corrected chi connectivity index (χ3v) is 5.69. The third kappa shape index (κ3) is 4.77. The molecular weight excluding hydrogens is 326 g/mol. The van der Waals surface area contributed by atoms with E-state index < -0.39 is 5.97 Å². The van der Waals surface area contributed by atoms with Crippen LogP contribution in [0.5, 0.6) is 0 Å². The summed E-state index contributed by atoms with van der Waals surface area (Å²) in [5.41, 5.74) is 1.04. The number of nitrogens with one attached hydrogen (secondary N) is 1. The van der Waals surface area contributed by atoms with Gasteiger partial charge in [-0.05, 0) is 38.0 Å². The van der Waals surface area contributed by atoms with Crippen LogP contribution in [0.4, 0.5) is 0 Å². The quantitative estimate of drug-likeness (QED) is 0.707. The SMILES string of the molecule is CCc1csc(CC(=O)NC2CC(N(CC(=O)O)CC3CC3)C2)n1. The molecule has 2 aliphatic carbocycles. The largest absolute Gasteiger partial charge is 0.480 e.